The zero-order valence-corrected chi connectivity index (χ0v) is 15.2. The van der Waals surface area contributed by atoms with Gasteiger partial charge in [-0.25, -0.2) is 0 Å². The van der Waals surface area contributed by atoms with Gasteiger partial charge in [0.15, 0.2) is 0 Å². The Morgan fingerprint density at radius 3 is 2.96 bits per heavy atom. The molecule has 134 valence electrons. The van der Waals surface area contributed by atoms with Gasteiger partial charge >= 0.3 is 0 Å². The first-order valence-electron chi connectivity index (χ1n) is 9.17. The van der Waals surface area contributed by atoms with E-state index in [1.165, 1.54) is 10.9 Å². The number of carbonyl (C=O) groups excluding carboxylic acids is 1. The minimum Gasteiger partial charge on any atom is -0.361 e. The molecule has 1 aliphatic heterocycles. The van der Waals surface area contributed by atoms with E-state index in [4.69, 9.17) is 4.52 Å². The number of hydrogen-bond acceptors (Lipinski definition) is 4. The normalized spacial score (nSPS) is 17.6. The van der Waals surface area contributed by atoms with Gasteiger partial charge in [-0.15, -0.1) is 0 Å². The van der Waals surface area contributed by atoms with Crippen LogP contribution in [0.5, 0.6) is 0 Å². The van der Waals surface area contributed by atoms with Crippen LogP contribution in [-0.4, -0.2) is 34.0 Å². The number of carbonyl (C=O) groups is 1. The molecule has 0 N–H and O–H groups in total. The molecule has 5 heteroatoms. The number of piperidine rings is 1. The summed E-state index contributed by atoms with van der Waals surface area (Å²) in [6.45, 7) is 5.20. The molecule has 2 aromatic heterocycles. The van der Waals surface area contributed by atoms with Gasteiger partial charge in [-0.1, -0.05) is 23.4 Å². The second-order valence-electron chi connectivity index (χ2n) is 7.20. The molecular weight excluding hydrogens is 326 g/mol. The molecule has 1 amide bonds. The molecule has 1 saturated heterocycles. The third kappa shape index (κ3) is 3.21. The van der Waals surface area contributed by atoms with E-state index in [2.05, 4.69) is 22.3 Å². The van der Waals surface area contributed by atoms with Gasteiger partial charge in [0, 0.05) is 24.7 Å². The lowest BCUT2D eigenvalue weighted by atomic mass is 9.91. The van der Waals surface area contributed by atoms with Crippen LogP contribution in [0, 0.1) is 19.8 Å². The Bertz CT molecular complexity index is 928. The largest absolute Gasteiger partial charge is 0.361 e. The number of fused-ring (bicyclic) bond motifs is 1. The minimum absolute atomic E-state index is 0.0441. The quantitative estimate of drug-likeness (QED) is 0.719. The van der Waals surface area contributed by atoms with Crippen LogP contribution in [0.1, 0.15) is 40.2 Å². The fraction of sp³-hybridized carbons (Fsp3) is 0.381. The maximum Gasteiger partial charge on any atom is 0.259 e. The van der Waals surface area contributed by atoms with Crippen LogP contribution in [0.25, 0.3) is 10.9 Å². The third-order valence-electron chi connectivity index (χ3n) is 5.22. The number of para-hydroxylation sites is 1. The summed E-state index contributed by atoms with van der Waals surface area (Å²) in [5.74, 6) is 1.10. The number of nitrogens with zero attached hydrogens (tertiary/aromatic N) is 3. The number of pyridine rings is 1. The van der Waals surface area contributed by atoms with Crippen molar-refractivity contribution in [3.05, 3.63) is 59.1 Å². The summed E-state index contributed by atoms with van der Waals surface area (Å²) in [5, 5.41) is 5.09. The molecule has 0 bridgehead atoms. The Morgan fingerprint density at radius 1 is 1.31 bits per heavy atom. The molecule has 3 heterocycles. The fourth-order valence-corrected chi connectivity index (χ4v) is 3.92. The molecule has 5 nitrogen and oxygen atoms in total. The van der Waals surface area contributed by atoms with Gasteiger partial charge in [-0.05, 0) is 56.7 Å². The van der Waals surface area contributed by atoms with Gasteiger partial charge in [0.25, 0.3) is 5.91 Å². The highest BCUT2D eigenvalue weighted by Crippen LogP contribution is 2.25. The molecule has 26 heavy (non-hydrogen) atoms. The van der Waals surface area contributed by atoms with E-state index < -0.39 is 0 Å². The van der Waals surface area contributed by atoms with Crippen molar-refractivity contribution in [2.24, 2.45) is 5.92 Å². The van der Waals surface area contributed by atoms with Crippen molar-refractivity contribution < 1.29 is 9.32 Å². The van der Waals surface area contributed by atoms with Gasteiger partial charge in [0.05, 0.1) is 11.2 Å². The smallest absolute Gasteiger partial charge is 0.259 e. The van der Waals surface area contributed by atoms with E-state index in [9.17, 15) is 4.79 Å². The van der Waals surface area contributed by atoms with Crippen LogP contribution < -0.4 is 0 Å². The van der Waals surface area contributed by atoms with Crippen LogP contribution in [0.3, 0.4) is 0 Å². The molecule has 1 aromatic carbocycles. The van der Waals surface area contributed by atoms with Gasteiger partial charge in [-0.3, -0.25) is 9.78 Å². The van der Waals surface area contributed by atoms with Gasteiger partial charge < -0.3 is 9.42 Å². The van der Waals surface area contributed by atoms with E-state index in [1.54, 1.807) is 6.92 Å². The molecule has 3 aromatic rings. The predicted molar refractivity (Wildman–Crippen MR) is 100 cm³/mol. The van der Waals surface area contributed by atoms with E-state index in [0.29, 0.717) is 22.9 Å². The SMILES string of the molecule is Cc1noc(C)c1C(=O)N1CCC[C@@H](Cc2cnc3ccccc3c2)C1. The van der Waals surface area contributed by atoms with Crippen LogP contribution in [0.4, 0.5) is 0 Å². The summed E-state index contributed by atoms with van der Waals surface area (Å²) in [4.78, 5) is 19.4. The van der Waals surface area contributed by atoms with Crippen LogP contribution in [0.2, 0.25) is 0 Å². The van der Waals surface area contributed by atoms with Crippen molar-refractivity contribution in [3.63, 3.8) is 0 Å². The first-order valence-corrected chi connectivity index (χ1v) is 9.17. The Balaban J connectivity index is 1.48. The summed E-state index contributed by atoms with van der Waals surface area (Å²) >= 11 is 0. The van der Waals surface area contributed by atoms with Crippen LogP contribution >= 0.6 is 0 Å². The lowest BCUT2D eigenvalue weighted by Crippen LogP contribution is -2.40. The van der Waals surface area contributed by atoms with Crippen molar-refractivity contribution in [3.8, 4) is 0 Å². The monoisotopic (exact) mass is 349 g/mol. The first kappa shape index (κ1) is 16.8. The zero-order chi connectivity index (χ0) is 18.1. The molecular formula is C21H23N3O2. The predicted octanol–water partition coefficient (Wildman–Crippen LogP) is 3.93. The molecule has 4 rings (SSSR count). The molecule has 1 aliphatic rings. The van der Waals surface area contributed by atoms with E-state index in [1.807, 2.05) is 36.2 Å². The number of benzene rings is 1. The Labute approximate surface area is 153 Å². The Hall–Kier alpha value is -2.69. The van der Waals surface area contributed by atoms with Crippen molar-refractivity contribution in [2.45, 2.75) is 33.1 Å². The average Bonchev–Trinajstić information content (AvgIpc) is 2.99. The number of amides is 1. The molecule has 1 fully saturated rings. The highest BCUT2D eigenvalue weighted by atomic mass is 16.5. The maximum absolute atomic E-state index is 12.9. The van der Waals surface area contributed by atoms with Gasteiger partial charge in [0.1, 0.15) is 11.3 Å². The number of likely N-dealkylation sites (tertiary alicyclic amines) is 1. The number of aryl methyl sites for hydroxylation is 2. The highest BCUT2D eigenvalue weighted by molar-refractivity contribution is 5.96. The van der Waals surface area contributed by atoms with Crippen LogP contribution in [0.15, 0.2) is 41.1 Å². The highest BCUT2D eigenvalue weighted by Gasteiger charge is 2.28. The summed E-state index contributed by atoms with van der Waals surface area (Å²) in [6.07, 6.45) is 5.08. The lowest BCUT2D eigenvalue weighted by molar-refractivity contribution is 0.0671. The Morgan fingerprint density at radius 2 is 2.15 bits per heavy atom. The van der Waals surface area contributed by atoms with E-state index >= 15 is 0 Å². The standard InChI is InChI=1S/C21H23N3O2/c1-14-20(15(2)26-23-14)21(25)24-9-5-6-16(13-24)10-17-11-18-7-3-4-8-19(18)22-12-17/h3-4,7-8,11-12,16H,5-6,9-10,13H2,1-2H3/t16-/m0/s1. The summed E-state index contributed by atoms with van der Waals surface area (Å²) in [7, 11) is 0. The maximum atomic E-state index is 12.9. The lowest BCUT2D eigenvalue weighted by Gasteiger charge is -2.33. The number of rotatable bonds is 3. The number of aromatic nitrogens is 2. The molecule has 0 unspecified atom stereocenters. The summed E-state index contributed by atoms with van der Waals surface area (Å²) in [6, 6.07) is 10.4. The van der Waals surface area contributed by atoms with Crippen LogP contribution in [-0.2, 0) is 6.42 Å². The molecule has 0 saturated carbocycles. The molecule has 0 spiro atoms. The first-order chi connectivity index (χ1) is 12.6. The van der Waals surface area contributed by atoms with E-state index in [-0.39, 0.29) is 5.91 Å². The second-order valence-corrected chi connectivity index (χ2v) is 7.20. The van der Waals surface area contributed by atoms with Gasteiger partial charge in [-0.2, -0.15) is 0 Å². The van der Waals surface area contributed by atoms with Crippen molar-refractivity contribution >= 4 is 16.8 Å². The van der Waals surface area contributed by atoms with E-state index in [0.717, 1.165) is 37.9 Å². The van der Waals surface area contributed by atoms with Crippen molar-refractivity contribution in [1.82, 2.24) is 15.0 Å². The van der Waals surface area contributed by atoms with Gasteiger partial charge in [0.2, 0.25) is 0 Å². The molecule has 0 radical (unpaired) electrons. The average molecular weight is 349 g/mol. The third-order valence-corrected chi connectivity index (χ3v) is 5.22. The Kier molecular flexibility index (Phi) is 4.45. The molecule has 1 atom stereocenters. The van der Waals surface area contributed by atoms with Crippen molar-refractivity contribution in [2.75, 3.05) is 13.1 Å². The second kappa shape index (κ2) is 6.90. The topological polar surface area (TPSA) is 59.2 Å². The minimum atomic E-state index is 0.0441. The van der Waals surface area contributed by atoms with Crippen molar-refractivity contribution in [1.29, 1.82) is 0 Å². The number of hydrogen-bond donors (Lipinski definition) is 0. The fourth-order valence-electron chi connectivity index (χ4n) is 3.92. The summed E-state index contributed by atoms with van der Waals surface area (Å²) < 4.78 is 5.16. The summed E-state index contributed by atoms with van der Waals surface area (Å²) in [5.41, 5.74) is 3.56. The molecule has 0 aliphatic carbocycles. The zero-order valence-electron chi connectivity index (χ0n) is 15.2.